The van der Waals surface area contributed by atoms with E-state index in [0.717, 1.165) is 16.8 Å². The van der Waals surface area contributed by atoms with Crippen LogP contribution < -0.4 is 10.6 Å². The van der Waals surface area contributed by atoms with Crippen LogP contribution in [0, 0.1) is 5.92 Å². The van der Waals surface area contributed by atoms with Gasteiger partial charge in [0.05, 0.1) is 0 Å². The summed E-state index contributed by atoms with van der Waals surface area (Å²) in [6, 6.07) is 13.8. The Labute approximate surface area is 170 Å². The number of nitrogens with one attached hydrogen (secondary N) is 2. The van der Waals surface area contributed by atoms with Crippen molar-refractivity contribution in [2.75, 3.05) is 5.32 Å². The van der Waals surface area contributed by atoms with Crippen molar-refractivity contribution in [1.29, 1.82) is 0 Å². The van der Waals surface area contributed by atoms with Crippen LogP contribution in [0.4, 0.5) is 5.69 Å². The first-order valence-electron chi connectivity index (χ1n) is 9.27. The van der Waals surface area contributed by atoms with Gasteiger partial charge in [-0.3, -0.25) is 4.79 Å². The van der Waals surface area contributed by atoms with E-state index in [9.17, 15) is 4.79 Å². The van der Waals surface area contributed by atoms with Crippen LogP contribution >= 0.6 is 12.2 Å². The highest BCUT2D eigenvalue weighted by atomic mass is 32.1. The summed E-state index contributed by atoms with van der Waals surface area (Å²) in [6.07, 6.45) is 0. The van der Waals surface area contributed by atoms with E-state index in [1.165, 1.54) is 5.56 Å². The van der Waals surface area contributed by atoms with Gasteiger partial charge in [0, 0.05) is 17.2 Å². The van der Waals surface area contributed by atoms with Gasteiger partial charge in [0.25, 0.3) is 0 Å². The standard InChI is InChI=1S/C22H25N3O2S/c1-13(2)19(26)25-21(28)23-16-10-11-18-17(12-16)24-20(27-18)14-6-8-15(9-7-14)22(3,4)5/h6-13H,1-5H3,(H2,23,25,26,28). The third-order valence-electron chi connectivity index (χ3n) is 4.40. The van der Waals surface area contributed by atoms with Crippen LogP contribution in [0.15, 0.2) is 46.9 Å². The maximum absolute atomic E-state index is 11.7. The SMILES string of the molecule is CC(C)C(=O)NC(=S)Nc1ccc2oc(-c3ccc(C(C)(C)C)cc3)nc2c1. The molecule has 1 amide bonds. The Morgan fingerprint density at radius 2 is 1.79 bits per heavy atom. The van der Waals surface area contributed by atoms with Crippen molar-refractivity contribution in [1.82, 2.24) is 10.3 Å². The molecule has 0 fully saturated rings. The largest absolute Gasteiger partial charge is 0.436 e. The fraction of sp³-hybridized carbons (Fsp3) is 0.318. The fourth-order valence-corrected chi connectivity index (χ4v) is 2.88. The van der Waals surface area contributed by atoms with Crippen LogP contribution in [0.5, 0.6) is 0 Å². The summed E-state index contributed by atoms with van der Waals surface area (Å²) in [6.45, 7) is 10.2. The predicted octanol–water partition coefficient (Wildman–Crippen LogP) is 5.26. The lowest BCUT2D eigenvalue weighted by atomic mass is 9.87. The van der Waals surface area contributed by atoms with Crippen molar-refractivity contribution in [3.63, 3.8) is 0 Å². The molecular weight excluding hydrogens is 370 g/mol. The highest BCUT2D eigenvalue weighted by Gasteiger charge is 2.15. The lowest BCUT2D eigenvalue weighted by Gasteiger charge is -2.18. The van der Waals surface area contributed by atoms with Gasteiger partial charge in [0.2, 0.25) is 11.8 Å². The van der Waals surface area contributed by atoms with Crippen LogP contribution in [0.3, 0.4) is 0 Å². The first-order chi connectivity index (χ1) is 13.1. The molecule has 3 rings (SSSR count). The van der Waals surface area contributed by atoms with E-state index in [4.69, 9.17) is 16.6 Å². The molecule has 0 saturated heterocycles. The molecular formula is C22H25N3O2S. The number of fused-ring (bicyclic) bond motifs is 1. The molecule has 0 spiro atoms. The fourth-order valence-electron chi connectivity index (χ4n) is 2.66. The molecule has 0 bridgehead atoms. The van der Waals surface area contributed by atoms with E-state index in [1.807, 2.05) is 44.2 Å². The van der Waals surface area contributed by atoms with Crippen LogP contribution in [0.25, 0.3) is 22.6 Å². The average molecular weight is 396 g/mol. The summed E-state index contributed by atoms with van der Waals surface area (Å²) in [5.74, 6) is 0.314. The van der Waals surface area contributed by atoms with E-state index in [-0.39, 0.29) is 22.4 Å². The van der Waals surface area contributed by atoms with E-state index < -0.39 is 0 Å². The minimum Gasteiger partial charge on any atom is -0.436 e. The number of amides is 1. The van der Waals surface area contributed by atoms with Crippen molar-refractivity contribution < 1.29 is 9.21 Å². The minimum absolute atomic E-state index is 0.101. The number of oxazole rings is 1. The summed E-state index contributed by atoms with van der Waals surface area (Å²) in [5, 5.41) is 5.94. The van der Waals surface area contributed by atoms with Gasteiger partial charge >= 0.3 is 0 Å². The average Bonchev–Trinajstić information content (AvgIpc) is 3.04. The summed E-state index contributed by atoms with van der Waals surface area (Å²) in [7, 11) is 0. The Bertz CT molecular complexity index is 1010. The number of nitrogens with zero attached hydrogens (tertiary/aromatic N) is 1. The smallest absolute Gasteiger partial charge is 0.228 e. The number of rotatable bonds is 3. The number of thiocarbonyl (C=S) groups is 1. The van der Waals surface area contributed by atoms with E-state index in [2.05, 4.69) is 48.5 Å². The minimum atomic E-state index is -0.134. The number of carbonyl (C=O) groups excluding carboxylic acids is 1. The summed E-state index contributed by atoms with van der Waals surface area (Å²) >= 11 is 5.19. The van der Waals surface area contributed by atoms with Crippen molar-refractivity contribution in [3.8, 4) is 11.5 Å². The summed E-state index contributed by atoms with van der Waals surface area (Å²) in [5.41, 5.74) is 4.44. The second-order valence-corrected chi connectivity index (χ2v) is 8.54. The Hall–Kier alpha value is -2.73. The highest BCUT2D eigenvalue weighted by molar-refractivity contribution is 7.80. The van der Waals surface area contributed by atoms with Gasteiger partial charge in [-0.1, -0.05) is 46.8 Å². The zero-order valence-electron chi connectivity index (χ0n) is 16.8. The lowest BCUT2D eigenvalue weighted by Crippen LogP contribution is -2.36. The molecule has 0 aliphatic rings. The molecule has 6 heteroatoms. The molecule has 1 aromatic heterocycles. The number of hydrogen-bond donors (Lipinski definition) is 2. The third kappa shape index (κ3) is 4.57. The van der Waals surface area contributed by atoms with Gasteiger partial charge in [-0.05, 0) is 53.5 Å². The molecule has 1 heterocycles. The molecule has 0 unspecified atom stereocenters. The summed E-state index contributed by atoms with van der Waals surface area (Å²) in [4.78, 5) is 16.3. The monoisotopic (exact) mass is 395 g/mol. The molecule has 5 nitrogen and oxygen atoms in total. The molecule has 0 aliphatic heterocycles. The number of aromatic nitrogens is 1. The second-order valence-electron chi connectivity index (χ2n) is 8.13. The van der Waals surface area contributed by atoms with Gasteiger partial charge in [-0.25, -0.2) is 4.98 Å². The number of carbonyl (C=O) groups is 1. The molecule has 2 N–H and O–H groups in total. The normalized spacial score (nSPS) is 11.6. The molecule has 0 radical (unpaired) electrons. The third-order valence-corrected chi connectivity index (χ3v) is 4.61. The molecule has 2 aromatic carbocycles. The Morgan fingerprint density at radius 3 is 2.39 bits per heavy atom. The summed E-state index contributed by atoms with van der Waals surface area (Å²) < 4.78 is 5.89. The van der Waals surface area contributed by atoms with Crippen molar-refractivity contribution in [3.05, 3.63) is 48.0 Å². The second kappa shape index (κ2) is 7.72. The Kier molecular flexibility index (Phi) is 5.52. The number of anilines is 1. The van der Waals surface area contributed by atoms with E-state index >= 15 is 0 Å². The van der Waals surface area contributed by atoms with E-state index in [0.29, 0.717) is 11.5 Å². The molecule has 0 saturated carbocycles. The molecule has 0 atom stereocenters. The van der Waals surface area contributed by atoms with Crippen molar-refractivity contribution >= 4 is 40.0 Å². The highest BCUT2D eigenvalue weighted by Crippen LogP contribution is 2.29. The van der Waals surface area contributed by atoms with Crippen LogP contribution in [-0.4, -0.2) is 16.0 Å². The Balaban J connectivity index is 1.79. The Morgan fingerprint density at radius 1 is 1.11 bits per heavy atom. The first kappa shape index (κ1) is 20.0. The lowest BCUT2D eigenvalue weighted by molar-refractivity contribution is -0.122. The topological polar surface area (TPSA) is 67.2 Å². The first-order valence-corrected chi connectivity index (χ1v) is 9.67. The van der Waals surface area contributed by atoms with Crippen molar-refractivity contribution in [2.24, 2.45) is 5.92 Å². The van der Waals surface area contributed by atoms with Gasteiger partial charge in [0.15, 0.2) is 10.7 Å². The molecule has 28 heavy (non-hydrogen) atoms. The number of benzene rings is 2. The van der Waals surface area contributed by atoms with Gasteiger partial charge in [-0.2, -0.15) is 0 Å². The van der Waals surface area contributed by atoms with Gasteiger partial charge in [0.1, 0.15) is 5.52 Å². The zero-order valence-corrected chi connectivity index (χ0v) is 17.6. The molecule has 146 valence electrons. The van der Waals surface area contributed by atoms with Crippen LogP contribution in [0.2, 0.25) is 0 Å². The van der Waals surface area contributed by atoms with Crippen molar-refractivity contribution in [2.45, 2.75) is 40.0 Å². The maximum Gasteiger partial charge on any atom is 0.228 e. The maximum atomic E-state index is 11.7. The van der Waals surface area contributed by atoms with Gasteiger partial charge < -0.3 is 15.1 Å². The zero-order chi connectivity index (χ0) is 20.5. The van der Waals surface area contributed by atoms with Crippen LogP contribution in [-0.2, 0) is 10.2 Å². The van der Waals surface area contributed by atoms with E-state index in [1.54, 1.807) is 0 Å². The number of hydrogen-bond acceptors (Lipinski definition) is 4. The quantitative estimate of drug-likeness (QED) is 0.592. The van der Waals surface area contributed by atoms with Gasteiger partial charge in [-0.15, -0.1) is 0 Å². The molecule has 3 aromatic rings. The van der Waals surface area contributed by atoms with Crippen LogP contribution in [0.1, 0.15) is 40.2 Å². The molecule has 0 aliphatic carbocycles. The predicted molar refractivity (Wildman–Crippen MR) is 117 cm³/mol.